The van der Waals surface area contributed by atoms with Gasteiger partial charge in [0.2, 0.25) is 0 Å². The smallest absolute Gasteiger partial charge is 0.340 e. The Labute approximate surface area is 181 Å². The fourth-order valence-electron chi connectivity index (χ4n) is 3.93. The molecule has 0 amide bonds. The number of ether oxygens (including phenoxy) is 1. The van der Waals surface area contributed by atoms with E-state index in [1.165, 1.54) is 0 Å². The molecule has 30 heavy (non-hydrogen) atoms. The second-order valence-corrected chi connectivity index (χ2v) is 7.83. The Morgan fingerprint density at radius 3 is 2.60 bits per heavy atom. The van der Waals surface area contributed by atoms with Crippen molar-refractivity contribution < 1.29 is 9.53 Å². The predicted octanol–water partition coefficient (Wildman–Crippen LogP) is 4.09. The summed E-state index contributed by atoms with van der Waals surface area (Å²) in [5.41, 5.74) is 3.21. The van der Waals surface area contributed by atoms with Crippen LogP contribution in [0.15, 0.2) is 42.6 Å². The summed E-state index contributed by atoms with van der Waals surface area (Å²) in [6, 6.07) is 11.7. The molecule has 0 atom stereocenters. The topological polar surface area (TPSA) is 58.6 Å². The number of fused-ring (bicyclic) bond motifs is 1. The number of nitrogens with zero attached hydrogens (tertiary/aromatic N) is 4. The number of carbonyl (C=O) groups excluding carboxylic acids is 1. The number of carbonyl (C=O) groups is 1. The molecule has 156 valence electrons. The number of anilines is 1. The number of rotatable bonds is 5. The summed E-state index contributed by atoms with van der Waals surface area (Å²) in [7, 11) is 0. The Balaban J connectivity index is 1.55. The first-order chi connectivity index (χ1) is 14.6. The zero-order valence-corrected chi connectivity index (χ0v) is 18.0. The van der Waals surface area contributed by atoms with Gasteiger partial charge in [-0.15, -0.1) is 0 Å². The summed E-state index contributed by atoms with van der Waals surface area (Å²) in [5.74, 6) is 0.637. The van der Waals surface area contributed by atoms with Crippen molar-refractivity contribution >= 4 is 34.3 Å². The molecule has 7 heteroatoms. The highest BCUT2D eigenvalue weighted by molar-refractivity contribution is 6.30. The number of para-hydroxylation sites is 1. The molecule has 2 aromatic heterocycles. The first kappa shape index (κ1) is 20.6. The summed E-state index contributed by atoms with van der Waals surface area (Å²) in [5, 5.41) is 1.63. The molecule has 0 bridgehead atoms. The number of hydrogen-bond acceptors (Lipinski definition) is 6. The molecule has 0 unspecified atom stereocenters. The highest BCUT2D eigenvalue weighted by Gasteiger charge is 2.24. The van der Waals surface area contributed by atoms with Crippen molar-refractivity contribution in [3.05, 3.63) is 64.4 Å². The third-order valence-corrected chi connectivity index (χ3v) is 5.71. The van der Waals surface area contributed by atoms with Crippen molar-refractivity contribution in [2.24, 2.45) is 0 Å². The van der Waals surface area contributed by atoms with Crippen LogP contribution in [0, 0.1) is 6.92 Å². The van der Waals surface area contributed by atoms with Gasteiger partial charge in [0, 0.05) is 44.3 Å². The minimum Gasteiger partial charge on any atom is -0.462 e. The quantitative estimate of drug-likeness (QED) is 0.575. The molecule has 6 nitrogen and oxygen atoms in total. The van der Waals surface area contributed by atoms with Gasteiger partial charge in [-0.25, -0.2) is 9.78 Å². The van der Waals surface area contributed by atoms with Gasteiger partial charge in [0.1, 0.15) is 5.82 Å². The van der Waals surface area contributed by atoms with Crippen molar-refractivity contribution in [3.63, 3.8) is 0 Å². The molecule has 3 aromatic rings. The Hall–Kier alpha value is -2.70. The number of halogens is 1. The molecule has 1 aromatic carbocycles. The van der Waals surface area contributed by atoms with Crippen molar-refractivity contribution in [1.82, 2.24) is 14.9 Å². The van der Waals surface area contributed by atoms with Gasteiger partial charge in [-0.3, -0.25) is 9.88 Å². The fourth-order valence-corrected chi connectivity index (χ4v) is 4.04. The van der Waals surface area contributed by atoms with E-state index in [0.717, 1.165) is 54.2 Å². The van der Waals surface area contributed by atoms with Gasteiger partial charge in [-0.1, -0.05) is 29.8 Å². The van der Waals surface area contributed by atoms with Crippen molar-refractivity contribution in [1.29, 1.82) is 0 Å². The van der Waals surface area contributed by atoms with Gasteiger partial charge in [0.05, 0.1) is 28.4 Å². The monoisotopic (exact) mass is 424 g/mol. The first-order valence-corrected chi connectivity index (χ1v) is 10.6. The van der Waals surface area contributed by atoms with Crippen LogP contribution in [0.2, 0.25) is 5.02 Å². The maximum Gasteiger partial charge on any atom is 0.340 e. The van der Waals surface area contributed by atoms with Crippen LogP contribution in [0.5, 0.6) is 0 Å². The van der Waals surface area contributed by atoms with Crippen LogP contribution in [-0.4, -0.2) is 53.6 Å². The number of aryl methyl sites for hydroxylation is 1. The van der Waals surface area contributed by atoms with Crippen molar-refractivity contribution in [2.45, 2.75) is 20.4 Å². The minimum absolute atomic E-state index is 0.299. The standard InChI is InChI=1S/C23H25ClN4O2/c1-3-30-23(29)22-16(2)18-6-4-5-7-19(18)26-20(22)15-27-10-12-28(13-11-27)21-9-8-17(24)14-25-21/h4-9,14H,3,10-13,15H2,1-2H3. The molecule has 4 rings (SSSR count). The molecular weight excluding hydrogens is 400 g/mol. The van der Waals surface area contributed by atoms with E-state index in [1.54, 1.807) is 6.20 Å². The molecule has 1 aliphatic rings. The average Bonchev–Trinajstić information content (AvgIpc) is 2.75. The molecule has 0 N–H and O–H groups in total. The van der Waals surface area contributed by atoms with Gasteiger partial charge >= 0.3 is 5.97 Å². The molecule has 0 saturated carbocycles. The zero-order valence-electron chi connectivity index (χ0n) is 17.3. The van der Waals surface area contributed by atoms with Gasteiger partial charge in [-0.2, -0.15) is 0 Å². The van der Waals surface area contributed by atoms with E-state index in [2.05, 4.69) is 14.8 Å². The van der Waals surface area contributed by atoms with Gasteiger partial charge in [-0.05, 0) is 37.6 Å². The van der Waals surface area contributed by atoms with E-state index in [1.807, 2.05) is 50.2 Å². The summed E-state index contributed by atoms with van der Waals surface area (Å²) in [6.07, 6.45) is 1.68. The fraction of sp³-hybridized carbons (Fsp3) is 0.348. The number of pyridine rings is 2. The second kappa shape index (κ2) is 8.98. The van der Waals surface area contributed by atoms with Crippen LogP contribution in [0.25, 0.3) is 10.9 Å². The number of piperazine rings is 1. The lowest BCUT2D eigenvalue weighted by molar-refractivity contribution is 0.0522. The number of aromatic nitrogens is 2. The zero-order chi connectivity index (χ0) is 21.1. The molecule has 0 spiro atoms. The SMILES string of the molecule is CCOC(=O)c1c(CN2CCN(c3ccc(Cl)cn3)CC2)nc2ccccc2c1C. The van der Waals surface area contributed by atoms with E-state index >= 15 is 0 Å². The molecule has 3 heterocycles. The van der Waals surface area contributed by atoms with E-state index in [-0.39, 0.29) is 5.97 Å². The van der Waals surface area contributed by atoms with Crippen LogP contribution < -0.4 is 4.90 Å². The van der Waals surface area contributed by atoms with Crippen LogP contribution in [0.4, 0.5) is 5.82 Å². The highest BCUT2D eigenvalue weighted by Crippen LogP contribution is 2.25. The van der Waals surface area contributed by atoms with E-state index in [0.29, 0.717) is 23.7 Å². The Kier molecular flexibility index (Phi) is 6.16. The molecule has 1 fully saturated rings. The molecule has 1 saturated heterocycles. The summed E-state index contributed by atoms with van der Waals surface area (Å²) < 4.78 is 5.35. The van der Waals surface area contributed by atoms with Crippen molar-refractivity contribution in [3.8, 4) is 0 Å². The Morgan fingerprint density at radius 1 is 1.13 bits per heavy atom. The summed E-state index contributed by atoms with van der Waals surface area (Å²) >= 11 is 5.95. The second-order valence-electron chi connectivity index (χ2n) is 7.39. The average molecular weight is 425 g/mol. The van der Waals surface area contributed by atoms with Gasteiger partial charge < -0.3 is 9.64 Å². The minimum atomic E-state index is -0.299. The van der Waals surface area contributed by atoms with Crippen LogP contribution in [0.3, 0.4) is 0 Å². The van der Waals surface area contributed by atoms with Gasteiger partial charge in [0.25, 0.3) is 0 Å². The molecule has 0 aliphatic carbocycles. The van der Waals surface area contributed by atoms with Crippen LogP contribution in [-0.2, 0) is 11.3 Å². The largest absolute Gasteiger partial charge is 0.462 e. The highest BCUT2D eigenvalue weighted by atomic mass is 35.5. The first-order valence-electron chi connectivity index (χ1n) is 10.2. The number of esters is 1. The number of hydrogen-bond donors (Lipinski definition) is 0. The van der Waals surface area contributed by atoms with E-state index in [9.17, 15) is 4.79 Å². The lowest BCUT2D eigenvalue weighted by Crippen LogP contribution is -2.46. The summed E-state index contributed by atoms with van der Waals surface area (Å²) in [4.78, 5) is 26.6. The lowest BCUT2D eigenvalue weighted by Gasteiger charge is -2.35. The van der Waals surface area contributed by atoms with Crippen LogP contribution >= 0.6 is 11.6 Å². The molecule has 1 aliphatic heterocycles. The molecular formula is C23H25ClN4O2. The van der Waals surface area contributed by atoms with Crippen molar-refractivity contribution in [2.75, 3.05) is 37.7 Å². The summed E-state index contributed by atoms with van der Waals surface area (Å²) in [6.45, 7) is 8.19. The molecule has 0 radical (unpaired) electrons. The Bertz CT molecular complexity index is 1050. The third-order valence-electron chi connectivity index (χ3n) is 5.49. The normalized spacial score (nSPS) is 14.8. The maximum absolute atomic E-state index is 12.7. The lowest BCUT2D eigenvalue weighted by atomic mass is 10.0. The predicted molar refractivity (Wildman–Crippen MR) is 119 cm³/mol. The number of benzene rings is 1. The van der Waals surface area contributed by atoms with Crippen LogP contribution in [0.1, 0.15) is 28.5 Å². The Morgan fingerprint density at radius 2 is 1.90 bits per heavy atom. The van der Waals surface area contributed by atoms with Gasteiger partial charge in [0.15, 0.2) is 0 Å². The third kappa shape index (κ3) is 4.25. The maximum atomic E-state index is 12.7. The van der Waals surface area contributed by atoms with E-state index in [4.69, 9.17) is 21.3 Å². The van der Waals surface area contributed by atoms with E-state index < -0.39 is 0 Å².